The molecule has 37 heavy (non-hydrogen) atoms. The van der Waals surface area contributed by atoms with Gasteiger partial charge in [0, 0.05) is 18.2 Å². The summed E-state index contributed by atoms with van der Waals surface area (Å²) in [5.41, 5.74) is 6.30. The average Bonchev–Trinajstić information content (AvgIpc) is 2.90. The van der Waals surface area contributed by atoms with Crippen molar-refractivity contribution in [3.05, 3.63) is 83.1 Å². The van der Waals surface area contributed by atoms with Gasteiger partial charge in [-0.05, 0) is 18.1 Å². The zero-order chi connectivity index (χ0) is 26.6. The molecular weight excluding hydrogens is 498 g/mol. The molecule has 2 heterocycles. The summed E-state index contributed by atoms with van der Waals surface area (Å²) in [4.78, 5) is 51.7. The second kappa shape index (κ2) is 11.1. The zero-order valence-corrected chi connectivity index (χ0v) is 21.2. The van der Waals surface area contributed by atoms with Crippen LogP contribution in [-0.2, 0) is 28.6 Å². The third-order valence-electron chi connectivity index (χ3n) is 5.84. The number of hydrogen-bond acceptors (Lipinski definition) is 9. The summed E-state index contributed by atoms with van der Waals surface area (Å²) in [6, 6.07) is 18.4. The fourth-order valence-electron chi connectivity index (χ4n) is 4.13. The van der Waals surface area contributed by atoms with Crippen LogP contribution in [0.1, 0.15) is 31.1 Å². The zero-order valence-electron chi connectivity index (χ0n) is 20.3. The first kappa shape index (κ1) is 26.2. The second-order valence-corrected chi connectivity index (χ2v) is 9.46. The summed E-state index contributed by atoms with van der Waals surface area (Å²) in [6.45, 7) is 2.78. The Morgan fingerprint density at radius 1 is 1.08 bits per heavy atom. The van der Waals surface area contributed by atoms with Gasteiger partial charge in [-0.25, -0.2) is 9.59 Å². The number of nitrogens with zero attached hydrogens (tertiary/aromatic N) is 1. The van der Waals surface area contributed by atoms with Crippen LogP contribution in [0.25, 0.3) is 0 Å². The lowest BCUT2D eigenvalue weighted by atomic mass is 9.96. The summed E-state index contributed by atoms with van der Waals surface area (Å²) in [5, 5.41) is 1.61. The molecule has 2 aromatic carbocycles. The van der Waals surface area contributed by atoms with E-state index in [1.54, 1.807) is 6.92 Å². The van der Waals surface area contributed by atoms with Crippen LogP contribution >= 0.6 is 11.8 Å². The maximum Gasteiger partial charge on any atom is 0.409 e. The molecule has 194 valence electrons. The predicted octanol–water partition coefficient (Wildman–Crippen LogP) is 2.45. The first-order valence-corrected chi connectivity index (χ1v) is 12.7. The summed E-state index contributed by atoms with van der Waals surface area (Å²) < 4.78 is 16.0. The van der Waals surface area contributed by atoms with Crippen molar-refractivity contribution in [1.29, 1.82) is 0 Å². The van der Waals surface area contributed by atoms with Crippen LogP contribution in [0.15, 0.2) is 71.9 Å². The number of benzene rings is 2. The van der Waals surface area contributed by atoms with Crippen molar-refractivity contribution in [2.24, 2.45) is 5.73 Å². The molecule has 2 aliphatic heterocycles. The molecular formula is C26H27N3O7S. The standard InChI is InChI=1S/C26H27N3O7S/c1-3-34-25(33)28-26(27)23(32)29-20(19(14-35-16(2)30)15-37-24(26)29)22(31)36-21(17-10-6-4-7-11-17)18-12-8-5-9-13-18/h4-13,21,24H,3,14-15,27H2,1-2H3,(H,28,33)/t24-,26-/m1/s1. The number of β-lactam (4-membered cyclic amide) rings is 1. The minimum atomic E-state index is -1.77. The summed E-state index contributed by atoms with van der Waals surface area (Å²) in [7, 11) is 0. The van der Waals surface area contributed by atoms with Crippen LogP contribution in [-0.4, -0.2) is 58.8 Å². The first-order valence-electron chi connectivity index (χ1n) is 11.6. The maximum absolute atomic E-state index is 13.7. The SMILES string of the molecule is CCOC(=O)N[C@]1(N)C(=O)N2C(C(=O)OC(c3ccccc3)c3ccccc3)=C(COC(C)=O)CS[C@@H]21. The van der Waals surface area contributed by atoms with Crippen molar-refractivity contribution in [2.75, 3.05) is 19.0 Å². The van der Waals surface area contributed by atoms with E-state index in [0.29, 0.717) is 5.57 Å². The third kappa shape index (κ3) is 5.32. The quantitative estimate of drug-likeness (QED) is 0.230. The van der Waals surface area contributed by atoms with Gasteiger partial charge in [0.25, 0.3) is 5.91 Å². The highest BCUT2D eigenvalue weighted by Gasteiger charge is 2.64. The first-order chi connectivity index (χ1) is 17.8. The van der Waals surface area contributed by atoms with Crippen molar-refractivity contribution in [3.8, 4) is 0 Å². The van der Waals surface area contributed by atoms with Crippen molar-refractivity contribution in [2.45, 2.75) is 31.0 Å². The van der Waals surface area contributed by atoms with Gasteiger partial charge in [-0.3, -0.25) is 25.5 Å². The lowest BCUT2D eigenvalue weighted by molar-refractivity contribution is -0.159. The lowest BCUT2D eigenvalue weighted by Gasteiger charge is -2.55. The molecule has 2 aliphatic rings. The Morgan fingerprint density at radius 2 is 1.68 bits per heavy atom. The molecule has 0 saturated carbocycles. The molecule has 0 bridgehead atoms. The lowest BCUT2D eigenvalue weighted by Crippen LogP contribution is -2.84. The van der Waals surface area contributed by atoms with Gasteiger partial charge in [-0.2, -0.15) is 0 Å². The highest BCUT2D eigenvalue weighted by molar-refractivity contribution is 8.00. The van der Waals surface area contributed by atoms with E-state index in [0.717, 1.165) is 11.1 Å². The van der Waals surface area contributed by atoms with E-state index in [4.69, 9.17) is 19.9 Å². The molecule has 4 rings (SSSR count). The van der Waals surface area contributed by atoms with Crippen LogP contribution in [0.2, 0.25) is 0 Å². The molecule has 3 N–H and O–H groups in total. The molecule has 1 fully saturated rings. The van der Waals surface area contributed by atoms with Gasteiger partial charge < -0.3 is 14.2 Å². The topological polar surface area (TPSA) is 137 Å². The van der Waals surface area contributed by atoms with Crippen molar-refractivity contribution in [1.82, 2.24) is 10.2 Å². The van der Waals surface area contributed by atoms with Crippen molar-refractivity contribution < 1.29 is 33.4 Å². The monoisotopic (exact) mass is 525 g/mol. The molecule has 0 aromatic heterocycles. The van der Waals surface area contributed by atoms with Gasteiger partial charge in [0.05, 0.1) is 6.61 Å². The number of thioether (sulfide) groups is 1. The number of carbonyl (C=O) groups is 4. The molecule has 10 nitrogen and oxygen atoms in total. The van der Waals surface area contributed by atoms with E-state index in [2.05, 4.69) is 5.32 Å². The minimum Gasteiger partial charge on any atom is -0.461 e. The van der Waals surface area contributed by atoms with E-state index < -0.39 is 41.1 Å². The van der Waals surface area contributed by atoms with Gasteiger partial charge >= 0.3 is 18.0 Å². The number of rotatable bonds is 8. The van der Waals surface area contributed by atoms with E-state index in [1.807, 2.05) is 60.7 Å². The minimum absolute atomic E-state index is 0.0569. The van der Waals surface area contributed by atoms with Crippen LogP contribution in [0.4, 0.5) is 4.79 Å². The van der Waals surface area contributed by atoms with Gasteiger partial charge in [0.2, 0.25) is 5.66 Å². The molecule has 1 saturated heterocycles. The number of nitrogens with one attached hydrogen (secondary N) is 1. The molecule has 2 atom stereocenters. The van der Waals surface area contributed by atoms with Gasteiger partial charge in [0.15, 0.2) is 6.10 Å². The maximum atomic E-state index is 13.7. The second-order valence-electron chi connectivity index (χ2n) is 8.39. The molecule has 11 heteroatoms. The van der Waals surface area contributed by atoms with Crippen LogP contribution in [0.3, 0.4) is 0 Å². The van der Waals surface area contributed by atoms with Gasteiger partial charge in [0.1, 0.15) is 17.7 Å². The molecule has 0 unspecified atom stereocenters. The normalized spacial score (nSPS) is 20.6. The smallest absolute Gasteiger partial charge is 0.409 e. The van der Waals surface area contributed by atoms with Crippen molar-refractivity contribution >= 4 is 35.7 Å². The fraction of sp³-hybridized carbons (Fsp3) is 0.308. The molecule has 2 amide bonds. The number of alkyl carbamates (subject to hydrolysis) is 1. The Hall–Kier alpha value is -3.83. The number of hydrogen-bond donors (Lipinski definition) is 2. The Balaban J connectivity index is 1.67. The summed E-state index contributed by atoms with van der Waals surface area (Å²) in [6.07, 6.45) is -1.60. The number of amides is 2. The number of esters is 2. The summed E-state index contributed by atoms with van der Waals surface area (Å²) >= 11 is 1.23. The molecule has 0 aliphatic carbocycles. The number of nitrogens with two attached hydrogens (primary N) is 1. The van der Waals surface area contributed by atoms with E-state index in [1.165, 1.54) is 23.6 Å². The van der Waals surface area contributed by atoms with E-state index >= 15 is 0 Å². The van der Waals surface area contributed by atoms with Gasteiger partial charge in [-0.1, -0.05) is 60.7 Å². The predicted molar refractivity (Wildman–Crippen MR) is 135 cm³/mol. The Morgan fingerprint density at radius 3 is 2.22 bits per heavy atom. The Bertz CT molecular complexity index is 1180. The van der Waals surface area contributed by atoms with Gasteiger partial charge in [-0.15, -0.1) is 11.8 Å². The van der Waals surface area contributed by atoms with Crippen LogP contribution in [0.5, 0.6) is 0 Å². The largest absolute Gasteiger partial charge is 0.461 e. The molecule has 0 spiro atoms. The van der Waals surface area contributed by atoms with Crippen LogP contribution in [0, 0.1) is 0 Å². The molecule has 0 radical (unpaired) electrons. The van der Waals surface area contributed by atoms with E-state index in [9.17, 15) is 19.2 Å². The number of carbonyl (C=O) groups excluding carboxylic acids is 4. The van der Waals surface area contributed by atoms with E-state index in [-0.39, 0.29) is 24.7 Å². The molecule has 2 aromatic rings. The Labute approximate surface area is 218 Å². The number of ether oxygens (including phenoxy) is 3. The highest BCUT2D eigenvalue weighted by atomic mass is 32.2. The Kier molecular flexibility index (Phi) is 7.84. The number of fused-ring (bicyclic) bond motifs is 1. The fourth-order valence-corrected chi connectivity index (χ4v) is 5.48. The third-order valence-corrected chi connectivity index (χ3v) is 7.26. The highest BCUT2D eigenvalue weighted by Crippen LogP contribution is 2.44. The van der Waals surface area contributed by atoms with Crippen LogP contribution < -0.4 is 11.1 Å². The average molecular weight is 526 g/mol. The summed E-state index contributed by atoms with van der Waals surface area (Å²) in [5.74, 6) is -1.81. The van der Waals surface area contributed by atoms with Crippen molar-refractivity contribution in [3.63, 3.8) is 0 Å².